The zero-order valence-corrected chi connectivity index (χ0v) is 14.8. The third-order valence-corrected chi connectivity index (χ3v) is 5.84. The van der Waals surface area contributed by atoms with Gasteiger partial charge < -0.3 is 14.7 Å². The lowest BCUT2D eigenvalue weighted by molar-refractivity contribution is -0.148. The molecule has 5 nitrogen and oxygen atoms in total. The van der Waals surface area contributed by atoms with Crippen LogP contribution in [0.15, 0.2) is 54.6 Å². The molecule has 3 heterocycles. The van der Waals surface area contributed by atoms with Crippen LogP contribution in [0.1, 0.15) is 18.9 Å². The zero-order valence-electron chi connectivity index (χ0n) is 14.8. The van der Waals surface area contributed by atoms with Crippen molar-refractivity contribution in [3.05, 3.63) is 60.2 Å². The Labute approximate surface area is 152 Å². The number of carboxylic acids is 1. The van der Waals surface area contributed by atoms with Gasteiger partial charge in [-0.05, 0) is 25.3 Å². The summed E-state index contributed by atoms with van der Waals surface area (Å²) in [6.45, 7) is 6.49. The normalized spacial score (nSPS) is 34.3. The highest BCUT2D eigenvalue weighted by Gasteiger charge is 2.70. The highest BCUT2D eigenvalue weighted by molar-refractivity contribution is 5.91. The molecule has 3 aliphatic heterocycles. The fraction of sp³-hybridized carbons (Fsp3) is 0.429. The van der Waals surface area contributed by atoms with E-state index in [0.29, 0.717) is 13.0 Å². The molecule has 2 fully saturated rings. The van der Waals surface area contributed by atoms with Crippen molar-refractivity contribution >= 4 is 11.9 Å². The second-order valence-corrected chi connectivity index (χ2v) is 7.58. The lowest BCUT2D eigenvalue weighted by atomic mass is 9.74. The Kier molecular flexibility index (Phi) is 3.99. The molecule has 2 saturated heterocycles. The second-order valence-electron chi connectivity index (χ2n) is 7.58. The van der Waals surface area contributed by atoms with Gasteiger partial charge in [0.05, 0.1) is 18.1 Å². The largest absolute Gasteiger partial charge is 0.481 e. The molecule has 2 bridgehead atoms. The Hall–Kier alpha value is -2.40. The van der Waals surface area contributed by atoms with Gasteiger partial charge >= 0.3 is 5.97 Å². The van der Waals surface area contributed by atoms with Crippen LogP contribution in [0.25, 0.3) is 0 Å². The van der Waals surface area contributed by atoms with Crippen molar-refractivity contribution in [1.29, 1.82) is 0 Å². The molecule has 136 valence electrons. The van der Waals surface area contributed by atoms with Gasteiger partial charge in [-0.3, -0.25) is 9.59 Å². The minimum atomic E-state index is -0.960. The summed E-state index contributed by atoms with van der Waals surface area (Å²) < 4.78 is 6.13. The molecule has 1 amide bonds. The average molecular weight is 353 g/mol. The van der Waals surface area contributed by atoms with Gasteiger partial charge in [0, 0.05) is 6.54 Å². The first-order chi connectivity index (χ1) is 12.4. The monoisotopic (exact) mass is 353 g/mol. The minimum absolute atomic E-state index is 0.105. The van der Waals surface area contributed by atoms with Gasteiger partial charge in [0.15, 0.2) is 0 Å². The summed E-state index contributed by atoms with van der Waals surface area (Å²) >= 11 is 0. The third kappa shape index (κ3) is 2.42. The van der Waals surface area contributed by atoms with Crippen LogP contribution in [0, 0.1) is 11.8 Å². The number of benzene rings is 1. The smallest absolute Gasteiger partial charge is 0.310 e. The standard InChI is InChI=1S/C21H23NO4/c1-13(2)12-16-21-10-8-15(26-21)17(20(24)25)18(21)19(23)22(16)11-9-14-6-4-3-5-7-14/h3-8,10,15-18H,1,9,11-12H2,2H3,(H,24,25)/t15-,16+,17+,18+,21-/m1/s1. The van der Waals surface area contributed by atoms with E-state index in [0.717, 1.165) is 17.6 Å². The van der Waals surface area contributed by atoms with Crippen molar-refractivity contribution in [2.24, 2.45) is 11.8 Å². The lowest BCUT2D eigenvalue weighted by Crippen LogP contribution is -2.45. The van der Waals surface area contributed by atoms with E-state index in [1.165, 1.54) is 0 Å². The molecular formula is C21H23NO4. The molecule has 1 aromatic rings. The summed E-state index contributed by atoms with van der Waals surface area (Å²) in [5, 5.41) is 9.66. The van der Waals surface area contributed by atoms with Crippen molar-refractivity contribution in [3.8, 4) is 0 Å². The predicted molar refractivity (Wildman–Crippen MR) is 96.4 cm³/mol. The molecule has 1 N–H and O–H groups in total. The van der Waals surface area contributed by atoms with Crippen LogP contribution in [0.3, 0.4) is 0 Å². The number of carbonyl (C=O) groups excluding carboxylic acids is 1. The van der Waals surface area contributed by atoms with Crippen LogP contribution >= 0.6 is 0 Å². The van der Waals surface area contributed by atoms with Crippen LogP contribution in [-0.2, 0) is 20.7 Å². The fourth-order valence-corrected chi connectivity index (χ4v) is 4.76. The van der Waals surface area contributed by atoms with Gasteiger partial charge in [0.1, 0.15) is 11.5 Å². The number of likely N-dealkylation sites (tertiary alicyclic amines) is 1. The van der Waals surface area contributed by atoms with Crippen molar-refractivity contribution in [3.63, 3.8) is 0 Å². The molecule has 0 radical (unpaired) electrons. The van der Waals surface area contributed by atoms with E-state index < -0.39 is 29.5 Å². The number of carboxylic acid groups (broad SMARTS) is 1. The van der Waals surface area contributed by atoms with E-state index in [4.69, 9.17) is 4.74 Å². The Bertz CT molecular complexity index is 786. The molecule has 0 saturated carbocycles. The maximum atomic E-state index is 13.2. The molecule has 0 unspecified atom stereocenters. The first-order valence-corrected chi connectivity index (χ1v) is 9.03. The van der Waals surface area contributed by atoms with E-state index in [2.05, 4.69) is 6.58 Å². The summed E-state index contributed by atoms with van der Waals surface area (Å²) in [5.74, 6) is -2.51. The number of hydrogen-bond acceptors (Lipinski definition) is 3. The first kappa shape index (κ1) is 17.0. The summed E-state index contributed by atoms with van der Waals surface area (Å²) in [7, 11) is 0. The van der Waals surface area contributed by atoms with Gasteiger partial charge in [-0.1, -0.05) is 48.1 Å². The summed E-state index contributed by atoms with van der Waals surface area (Å²) in [4.78, 5) is 26.8. The topological polar surface area (TPSA) is 66.8 Å². The van der Waals surface area contributed by atoms with Crippen molar-refractivity contribution in [2.45, 2.75) is 37.5 Å². The van der Waals surface area contributed by atoms with Crippen LogP contribution in [0.4, 0.5) is 0 Å². The van der Waals surface area contributed by atoms with Crippen LogP contribution in [0.2, 0.25) is 0 Å². The number of carbonyl (C=O) groups is 2. The number of aliphatic carboxylic acids is 1. The van der Waals surface area contributed by atoms with Gasteiger partial charge in [-0.15, -0.1) is 6.58 Å². The molecule has 26 heavy (non-hydrogen) atoms. The predicted octanol–water partition coefficient (Wildman–Crippen LogP) is 2.43. The van der Waals surface area contributed by atoms with Crippen molar-refractivity contribution in [1.82, 2.24) is 4.90 Å². The van der Waals surface area contributed by atoms with Crippen LogP contribution in [-0.4, -0.2) is 46.2 Å². The maximum absolute atomic E-state index is 13.2. The quantitative estimate of drug-likeness (QED) is 0.798. The van der Waals surface area contributed by atoms with Gasteiger partial charge in [-0.25, -0.2) is 0 Å². The summed E-state index contributed by atoms with van der Waals surface area (Å²) in [6.07, 6.45) is 4.57. The van der Waals surface area contributed by atoms with Gasteiger partial charge in [0.25, 0.3) is 0 Å². The number of hydrogen-bond donors (Lipinski definition) is 1. The highest BCUT2D eigenvalue weighted by Crippen LogP contribution is 2.55. The zero-order chi connectivity index (χ0) is 18.5. The van der Waals surface area contributed by atoms with E-state index in [9.17, 15) is 14.7 Å². The van der Waals surface area contributed by atoms with Gasteiger partial charge in [0.2, 0.25) is 5.91 Å². The molecule has 4 rings (SSSR count). The average Bonchev–Trinajstić information content (AvgIpc) is 3.24. The van der Waals surface area contributed by atoms with E-state index in [1.54, 1.807) is 0 Å². The number of amides is 1. The van der Waals surface area contributed by atoms with E-state index >= 15 is 0 Å². The number of ether oxygens (including phenoxy) is 1. The first-order valence-electron chi connectivity index (χ1n) is 9.03. The number of fused-ring (bicyclic) bond motifs is 1. The molecule has 5 heteroatoms. The van der Waals surface area contributed by atoms with Gasteiger partial charge in [-0.2, -0.15) is 0 Å². The number of rotatable bonds is 6. The lowest BCUT2D eigenvalue weighted by Gasteiger charge is -2.33. The Morgan fingerprint density at radius 1 is 1.35 bits per heavy atom. The number of nitrogens with zero attached hydrogens (tertiary/aromatic N) is 1. The summed E-state index contributed by atoms with van der Waals surface area (Å²) in [6, 6.07) is 9.80. The molecule has 3 aliphatic rings. The van der Waals surface area contributed by atoms with E-state index in [1.807, 2.05) is 54.3 Å². The Morgan fingerprint density at radius 2 is 2.08 bits per heavy atom. The van der Waals surface area contributed by atoms with Crippen LogP contribution < -0.4 is 0 Å². The summed E-state index contributed by atoms with van der Waals surface area (Å²) in [5.41, 5.74) is 1.28. The molecular weight excluding hydrogens is 330 g/mol. The van der Waals surface area contributed by atoms with Crippen LogP contribution in [0.5, 0.6) is 0 Å². The fourth-order valence-electron chi connectivity index (χ4n) is 4.76. The Morgan fingerprint density at radius 3 is 2.73 bits per heavy atom. The van der Waals surface area contributed by atoms with Crippen molar-refractivity contribution < 1.29 is 19.4 Å². The maximum Gasteiger partial charge on any atom is 0.310 e. The SMILES string of the molecule is C=C(C)C[C@@H]1N(CCc2ccccc2)C(=O)[C@@H]2[C@@H](C(=O)O)[C@H]3C=C[C@]21O3. The molecule has 1 spiro atoms. The minimum Gasteiger partial charge on any atom is -0.481 e. The second kappa shape index (κ2) is 6.09. The van der Waals surface area contributed by atoms with Crippen molar-refractivity contribution in [2.75, 3.05) is 6.54 Å². The molecule has 0 aromatic heterocycles. The molecule has 0 aliphatic carbocycles. The highest BCUT2D eigenvalue weighted by atomic mass is 16.5. The third-order valence-electron chi connectivity index (χ3n) is 5.84. The van der Waals surface area contributed by atoms with E-state index in [-0.39, 0.29) is 11.9 Å². The molecule has 1 aromatic carbocycles. The molecule has 5 atom stereocenters. The Balaban J connectivity index is 1.65.